The van der Waals surface area contributed by atoms with Crippen LogP contribution in [0.3, 0.4) is 0 Å². The van der Waals surface area contributed by atoms with Crippen molar-refractivity contribution in [2.45, 2.75) is 18.9 Å². The number of nitrogens with two attached hydrogens (primary N) is 1. The summed E-state index contributed by atoms with van der Waals surface area (Å²) in [4.78, 5) is 19.1. The summed E-state index contributed by atoms with van der Waals surface area (Å²) >= 11 is 0. The van der Waals surface area contributed by atoms with E-state index in [4.69, 9.17) is 10.5 Å². The zero-order valence-electron chi connectivity index (χ0n) is 12.1. The average Bonchev–Trinajstić information content (AvgIpc) is 3.31. The van der Waals surface area contributed by atoms with Crippen molar-refractivity contribution in [3.05, 3.63) is 35.9 Å². The number of nitrogen functional groups attached to an aromatic ring is 1. The van der Waals surface area contributed by atoms with E-state index in [1.54, 1.807) is 13.2 Å². The second-order valence-electron chi connectivity index (χ2n) is 5.33. The van der Waals surface area contributed by atoms with Crippen molar-refractivity contribution < 1.29 is 9.53 Å². The molecule has 0 bridgehead atoms. The van der Waals surface area contributed by atoms with E-state index in [0.29, 0.717) is 30.6 Å². The van der Waals surface area contributed by atoms with Gasteiger partial charge in [0.1, 0.15) is 5.82 Å². The van der Waals surface area contributed by atoms with E-state index in [1.165, 1.54) is 0 Å². The minimum Gasteiger partial charge on any atom is -0.384 e. The molecule has 0 spiro atoms. The van der Waals surface area contributed by atoms with E-state index in [0.717, 1.165) is 23.7 Å². The number of rotatable bonds is 5. The molecule has 2 N–H and O–H groups in total. The van der Waals surface area contributed by atoms with Gasteiger partial charge in [-0.15, -0.1) is 0 Å². The fraction of sp³-hybridized carbons (Fsp3) is 0.375. The minimum atomic E-state index is 0.0138. The van der Waals surface area contributed by atoms with Crippen LogP contribution in [-0.2, 0) is 4.74 Å². The summed E-state index contributed by atoms with van der Waals surface area (Å²) in [5, 5.41) is 0.847. The van der Waals surface area contributed by atoms with Gasteiger partial charge in [-0.3, -0.25) is 4.79 Å². The van der Waals surface area contributed by atoms with Crippen molar-refractivity contribution in [3.8, 4) is 0 Å². The molecular weight excluding hydrogens is 266 g/mol. The predicted molar refractivity (Wildman–Crippen MR) is 82.1 cm³/mol. The first kappa shape index (κ1) is 13.8. The molecule has 0 radical (unpaired) electrons. The van der Waals surface area contributed by atoms with Gasteiger partial charge in [-0.05, 0) is 25.0 Å². The molecule has 1 amide bonds. The molecule has 1 aromatic carbocycles. The highest BCUT2D eigenvalue weighted by atomic mass is 16.5. The number of para-hydroxylation sites is 1. The maximum absolute atomic E-state index is 12.9. The third kappa shape index (κ3) is 2.83. The first-order valence-corrected chi connectivity index (χ1v) is 7.16. The molecule has 110 valence electrons. The van der Waals surface area contributed by atoms with Crippen LogP contribution in [0.4, 0.5) is 5.82 Å². The van der Waals surface area contributed by atoms with E-state index in [9.17, 15) is 4.79 Å². The summed E-state index contributed by atoms with van der Waals surface area (Å²) in [5.41, 5.74) is 7.23. The Kier molecular flexibility index (Phi) is 3.75. The summed E-state index contributed by atoms with van der Waals surface area (Å²) in [7, 11) is 1.65. The normalized spacial score (nSPS) is 14.3. The molecule has 1 aromatic heterocycles. The highest BCUT2D eigenvalue weighted by Gasteiger charge is 2.33. The van der Waals surface area contributed by atoms with Gasteiger partial charge in [-0.2, -0.15) is 0 Å². The highest BCUT2D eigenvalue weighted by Crippen LogP contribution is 2.30. The lowest BCUT2D eigenvalue weighted by atomic mass is 10.1. The molecule has 1 saturated carbocycles. The van der Waals surface area contributed by atoms with Crippen molar-refractivity contribution in [2.75, 3.05) is 26.0 Å². The second kappa shape index (κ2) is 5.69. The maximum atomic E-state index is 12.9. The van der Waals surface area contributed by atoms with Crippen LogP contribution < -0.4 is 5.73 Å². The second-order valence-corrected chi connectivity index (χ2v) is 5.33. The molecule has 0 atom stereocenters. The van der Waals surface area contributed by atoms with E-state index in [-0.39, 0.29) is 5.91 Å². The van der Waals surface area contributed by atoms with Gasteiger partial charge >= 0.3 is 0 Å². The van der Waals surface area contributed by atoms with Crippen molar-refractivity contribution >= 4 is 22.6 Å². The van der Waals surface area contributed by atoms with Crippen LogP contribution in [0.5, 0.6) is 0 Å². The van der Waals surface area contributed by atoms with Crippen LogP contribution in [-0.4, -0.2) is 42.1 Å². The molecule has 1 heterocycles. The van der Waals surface area contributed by atoms with Crippen LogP contribution in [0, 0.1) is 0 Å². The monoisotopic (exact) mass is 285 g/mol. The molecule has 5 nitrogen and oxygen atoms in total. The van der Waals surface area contributed by atoms with Crippen LogP contribution in [0.2, 0.25) is 0 Å². The Morgan fingerprint density at radius 3 is 2.90 bits per heavy atom. The van der Waals surface area contributed by atoms with E-state index < -0.39 is 0 Å². The number of pyridine rings is 1. The van der Waals surface area contributed by atoms with Gasteiger partial charge in [0.2, 0.25) is 0 Å². The minimum absolute atomic E-state index is 0.0138. The number of fused-ring (bicyclic) bond motifs is 1. The number of nitrogens with zero attached hydrogens (tertiary/aromatic N) is 2. The van der Waals surface area contributed by atoms with Gasteiger partial charge in [-0.1, -0.05) is 18.2 Å². The first-order chi connectivity index (χ1) is 10.2. The molecule has 0 saturated heterocycles. The molecule has 1 fully saturated rings. The summed E-state index contributed by atoms with van der Waals surface area (Å²) in [5.74, 6) is 0.388. The van der Waals surface area contributed by atoms with Crippen molar-refractivity contribution in [1.29, 1.82) is 0 Å². The summed E-state index contributed by atoms with van der Waals surface area (Å²) in [6.07, 6.45) is 2.13. The van der Waals surface area contributed by atoms with Crippen molar-refractivity contribution in [1.82, 2.24) is 9.88 Å². The van der Waals surface area contributed by atoms with Gasteiger partial charge < -0.3 is 15.4 Å². The Bertz CT molecular complexity index is 668. The number of benzene rings is 1. The fourth-order valence-corrected chi connectivity index (χ4v) is 2.55. The van der Waals surface area contributed by atoms with Crippen LogP contribution in [0.1, 0.15) is 23.2 Å². The molecule has 1 aliphatic rings. The van der Waals surface area contributed by atoms with Crippen LogP contribution in [0.15, 0.2) is 30.3 Å². The Hall–Kier alpha value is -2.14. The number of aromatic nitrogens is 1. The first-order valence-electron chi connectivity index (χ1n) is 7.16. The van der Waals surface area contributed by atoms with Gasteiger partial charge in [0, 0.05) is 25.1 Å². The number of carbonyl (C=O) groups is 1. The fourth-order valence-electron chi connectivity index (χ4n) is 2.55. The lowest BCUT2D eigenvalue weighted by molar-refractivity contribution is 0.0682. The lowest BCUT2D eigenvalue weighted by Crippen LogP contribution is -2.36. The van der Waals surface area contributed by atoms with Crippen molar-refractivity contribution in [3.63, 3.8) is 0 Å². The standard InChI is InChI=1S/C16H19N3O2/c1-21-9-8-19(11-6-7-11)16(20)13-10-15(17)18-14-5-3-2-4-12(13)14/h2-5,10-11H,6-9H2,1H3,(H2,17,18). The molecule has 5 heteroatoms. The lowest BCUT2D eigenvalue weighted by Gasteiger charge is -2.23. The Morgan fingerprint density at radius 1 is 1.43 bits per heavy atom. The largest absolute Gasteiger partial charge is 0.384 e. The number of methoxy groups -OCH3 is 1. The van der Waals surface area contributed by atoms with E-state index in [1.807, 2.05) is 29.2 Å². The predicted octanol–water partition coefficient (Wildman–Crippen LogP) is 2.07. The quantitative estimate of drug-likeness (QED) is 0.913. The molecule has 3 rings (SSSR count). The molecule has 21 heavy (non-hydrogen) atoms. The number of ether oxygens (including phenoxy) is 1. The molecule has 0 aliphatic heterocycles. The molecule has 2 aromatic rings. The molecular formula is C16H19N3O2. The zero-order valence-corrected chi connectivity index (χ0v) is 12.1. The third-order valence-electron chi connectivity index (χ3n) is 3.75. The Morgan fingerprint density at radius 2 is 2.19 bits per heavy atom. The van der Waals surface area contributed by atoms with Gasteiger partial charge in [0.05, 0.1) is 17.7 Å². The third-order valence-corrected chi connectivity index (χ3v) is 3.75. The number of anilines is 1. The number of carbonyl (C=O) groups excluding carboxylic acids is 1. The summed E-state index contributed by atoms with van der Waals surface area (Å²) < 4.78 is 5.12. The summed E-state index contributed by atoms with van der Waals surface area (Å²) in [6.45, 7) is 1.15. The van der Waals surface area contributed by atoms with Gasteiger partial charge in [0.25, 0.3) is 5.91 Å². The smallest absolute Gasteiger partial charge is 0.255 e. The molecule has 0 unspecified atom stereocenters. The Labute approximate surface area is 123 Å². The Balaban J connectivity index is 1.99. The maximum Gasteiger partial charge on any atom is 0.255 e. The average molecular weight is 285 g/mol. The summed E-state index contributed by atoms with van der Waals surface area (Å²) in [6, 6.07) is 9.60. The van der Waals surface area contributed by atoms with E-state index in [2.05, 4.69) is 4.98 Å². The molecule has 1 aliphatic carbocycles. The number of amides is 1. The highest BCUT2D eigenvalue weighted by molar-refractivity contribution is 6.07. The van der Waals surface area contributed by atoms with Gasteiger partial charge in [-0.25, -0.2) is 4.98 Å². The zero-order chi connectivity index (χ0) is 14.8. The van der Waals surface area contributed by atoms with Crippen LogP contribution >= 0.6 is 0 Å². The van der Waals surface area contributed by atoms with Crippen molar-refractivity contribution in [2.24, 2.45) is 0 Å². The van der Waals surface area contributed by atoms with Crippen LogP contribution in [0.25, 0.3) is 10.9 Å². The topological polar surface area (TPSA) is 68.5 Å². The van der Waals surface area contributed by atoms with E-state index >= 15 is 0 Å². The number of hydrogen-bond donors (Lipinski definition) is 1. The number of hydrogen-bond acceptors (Lipinski definition) is 4. The SMILES string of the molecule is COCCN(C(=O)c1cc(N)nc2ccccc12)C1CC1. The van der Waals surface area contributed by atoms with Gasteiger partial charge in [0.15, 0.2) is 0 Å².